The Bertz CT molecular complexity index is 586. The van der Waals surface area contributed by atoms with E-state index in [9.17, 15) is 19.8 Å². The third-order valence-electron chi connectivity index (χ3n) is 6.03. The van der Waals surface area contributed by atoms with Crippen LogP contribution in [0.3, 0.4) is 0 Å². The van der Waals surface area contributed by atoms with Crippen molar-refractivity contribution < 1.29 is 29.3 Å². The number of aliphatic hydroxyl groups excluding tert-OH is 1. The highest BCUT2D eigenvalue weighted by molar-refractivity contribution is 5.89. The van der Waals surface area contributed by atoms with Gasteiger partial charge in [0.25, 0.3) is 0 Å². The number of carbonyl (C=O) groups excluding carboxylic acids is 2. The van der Waals surface area contributed by atoms with E-state index in [0.717, 1.165) is 6.54 Å². The first kappa shape index (κ1) is 18.4. The topological polar surface area (TPSA) is 96.3 Å². The highest BCUT2D eigenvalue weighted by Gasteiger charge is 2.51. The van der Waals surface area contributed by atoms with Gasteiger partial charge in [-0.15, -0.1) is 0 Å². The van der Waals surface area contributed by atoms with Crippen molar-refractivity contribution >= 4 is 11.9 Å². The first-order valence-electron chi connectivity index (χ1n) is 8.93. The van der Waals surface area contributed by atoms with Gasteiger partial charge in [-0.25, -0.2) is 9.59 Å². The van der Waals surface area contributed by atoms with Crippen LogP contribution in [0.1, 0.15) is 33.6 Å². The first-order valence-corrected chi connectivity index (χ1v) is 8.93. The summed E-state index contributed by atoms with van der Waals surface area (Å²) in [5.74, 6) is -1.97. The molecule has 0 amide bonds. The molecule has 7 nitrogen and oxygen atoms in total. The fourth-order valence-electron chi connectivity index (χ4n) is 4.13. The normalized spacial score (nSPS) is 44.7. The number of rotatable bonds is 0. The van der Waals surface area contributed by atoms with Crippen molar-refractivity contribution in [1.29, 1.82) is 0 Å². The lowest BCUT2D eigenvalue weighted by Crippen LogP contribution is -2.47. The lowest BCUT2D eigenvalue weighted by Gasteiger charge is -2.32. The molecule has 0 aliphatic carbocycles. The highest BCUT2D eigenvalue weighted by Crippen LogP contribution is 2.37. The zero-order valence-electron chi connectivity index (χ0n) is 15.0. The summed E-state index contributed by atoms with van der Waals surface area (Å²) in [4.78, 5) is 27.1. The predicted octanol–water partition coefficient (Wildman–Crippen LogP) is 0.243. The van der Waals surface area contributed by atoms with Crippen LogP contribution in [0.25, 0.3) is 0 Å². The fourth-order valence-corrected chi connectivity index (χ4v) is 4.13. The molecule has 3 rings (SSSR count). The van der Waals surface area contributed by atoms with Gasteiger partial charge in [0.2, 0.25) is 0 Å². The van der Waals surface area contributed by atoms with Gasteiger partial charge in [-0.05, 0) is 32.6 Å². The van der Waals surface area contributed by atoms with Crippen LogP contribution in [0.5, 0.6) is 0 Å². The molecule has 0 unspecified atom stereocenters. The predicted molar refractivity (Wildman–Crippen MR) is 88.5 cm³/mol. The Kier molecular flexibility index (Phi) is 4.92. The lowest BCUT2D eigenvalue weighted by atomic mass is 9.85. The second-order valence-corrected chi connectivity index (χ2v) is 7.61. The first-order chi connectivity index (χ1) is 11.8. The maximum Gasteiger partial charge on any atom is 0.338 e. The molecule has 25 heavy (non-hydrogen) atoms. The van der Waals surface area contributed by atoms with E-state index in [2.05, 4.69) is 4.90 Å². The quantitative estimate of drug-likeness (QED) is 0.476. The fraction of sp³-hybridized carbons (Fsp3) is 0.778. The number of aliphatic hydroxyl groups is 2. The van der Waals surface area contributed by atoms with Crippen molar-refractivity contribution in [2.24, 2.45) is 11.8 Å². The average Bonchev–Trinajstić information content (AvgIpc) is 3.08. The van der Waals surface area contributed by atoms with E-state index in [1.807, 2.05) is 0 Å². The molecule has 0 aromatic rings. The zero-order chi connectivity index (χ0) is 18.4. The number of nitrogens with zero attached hydrogens (tertiary/aromatic N) is 1. The van der Waals surface area contributed by atoms with E-state index >= 15 is 0 Å². The third kappa shape index (κ3) is 3.20. The van der Waals surface area contributed by atoms with Gasteiger partial charge in [0.1, 0.15) is 6.10 Å². The second-order valence-electron chi connectivity index (χ2n) is 7.61. The molecule has 6 atom stereocenters. The maximum absolute atomic E-state index is 12.6. The Morgan fingerprint density at radius 1 is 1.36 bits per heavy atom. The monoisotopic (exact) mass is 353 g/mol. The summed E-state index contributed by atoms with van der Waals surface area (Å²) < 4.78 is 11.1. The third-order valence-corrected chi connectivity index (χ3v) is 6.03. The molecular formula is C18H27NO6. The molecule has 7 heteroatoms. The summed E-state index contributed by atoms with van der Waals surface area (Å²) in [5.41, 5.74) is -1.28. The molecule has 3 aliphatic heterocycles. The Labute approximate surface area is 147 Å². The van der Waals surface area contributed by atoms with Gasteiger partial charge in [0.05, 0.1) is 18.8 Å². The molecule has 0 bridgehead atoms. The minimum atomic E-state index is -1.72. The second kappa shape index (κ2) is 6.70. The summed E-state index contributed by atoms with van der Waals surface area (Å²) >= 11 is 0. The number of hydrogen-bond donors (Lipinski definition) is 2. The van der Waals surface area contributed by atoms with Crippen LogP contribution in [0, 0.1) is 11.8 Å². The number of hydrogen-bond acceptors (Lipinski definition) is 7. The molecule has 140 valence electrons. The summed E-state index contributed by atoms with van der Waals surface area (Å²) in [6.07, 6.45) is 1.63. The number of cyclic esters (lactones) is 1. The van der Waals surface area contributed by atoms with Gasteiger partial charge < -0.3 is 19.7 Å². The minimum absolute atomic E-state index is 0.00849. The van der Waals surface area contributed by atoms with E-state index in [4.69, 9.17) is 9.47 Å². The largest absolute Gasteiger partial charge is 0.463 e. The van der Waals surface area contributed by atoms with Crippen molar-refractivity contribution in [2.45, 2.75) is 57.5 Å². The summed E-state index contributed by atoms with van der Waals surface area (Å²) in [6.45, 7) is 6.07. The van der Waals surface area contributed by atoms with E-state index in [1.165, 1.54) is 6.92 Å². The van der Waals surface area contributed by atoms with Gasteiger partial charge in [-0.3, -0.25) is 4.90 Å². The Balaban J connectivity index is 1.91. The SMILES string of the molecule is C/C=C1/C[C@H](C)[C@@](C)(O)C(=O)OC[C@@H]2[C@@H]3[C@@H](CCN3C[C@H]2O)OC1=O. The van der Waals surface area contributed by atoms with Gasteiger partial charge in [0.15, 0.2) is 5.60 Å². The summed E-state index contributed by atoms with van der Waals surface area (Å²) in [6, 6.07) is -0.161. The number of ether oxygens (including phenoxy) is 2. The van der Waals surface area contributed by atoms with E-state index in [-0.39, 0.29) is 31.1 Å². The van der Waals surface area contributed by atoms with Gasteiger partial charge in [0, 0.05) is 24.6 Å². The van der Waals surface area contributed by atoms with Crippen molar-refractivity contribution in [1.82, 2.24) is 4.90 Å². The van der Waals surface area contributed by atoms with Crippen LogP contribution in [-0.2, 0) is 19.1 Å². The highest BCUT2D eigenvalue weighted by atomic mass is 16.6. The van der Waals surface area contributed by atoms with Crippen LogP contribution >= 0.6 is 0 Å². The van der Waals surface area contributed by atoms with E-state index in [1.54, 1.807) is 19.9 Å². The summed E-state index contributed by atoms with van der Waals surface area (Å²) in [5, 5.41) is 20.9. The molecule has 0 saturated carbocycles. The molecule has 0 spiro atoms. The molecule has 0 radical (unpaired) electrons. The van der Waals surface area contributed by atoms with Crippen molar-refractivity contribution in [3.8, 4) is 0 Å². The van der Waals surface area contributed by atoms with E-state index < -0.39 is 29.6 Å². The van der Waals surface area contributed by atoms with Crippen molar-refractivity contribution in [3.63, 3.8) is 0 Å². The average molecular weight is 353 g/mol. The molecule has 3 aliphatic rings. The minimum Gasteiger partial charge on any atom is -0.463 e. The Morgan fingerprint density at radius 3 is 2.76 bits per heavy atom. The van der Waals surface area contributed by atoms with Crippen LogP contribution in [0.4, 0.5) is 0 Å². The molecule has 0 aromatic heterocycles. The van der Waals surface area contributed by atoms with Gasteiger partial charge >= 0.3 is 11.9 Å². The molecule has 3 heterocycles. The van der Waals surface area contributed by atoms with Crippen LogP contribution in [0.2, 0.25) is 0 Å². The van der Waals surface area contributed by atoms with Crippen molar-refractivity contribution in [2.75, 3.05) is 19.7 Å². The molecular weight excluding hydrogens is 326 g/mol. The Morgan fingerprint density at radius 2 is 2.08 bits per heavy atom. The molecule has 2 N–H and O–H groups in total. The lowest BCUT2D eigenvalue weighted by molar-refractivity contribution is -0.173. The van der Waals surface area contributed by atoms with Gasteiger partial charge in [-0.1, -0.05) is 13.0 Å². The Hall–Kier alpha value is -1.44. The standard InChI is InChI=1S/C18H27NO6/c1-4-11-7-10(2)18(3,23)17(22)24-9-12-13(20)8-19-6-5-14(15(12)19)25-16(11)21/h4,10,12-15,20,23H,5-9H2,1-3H3/b11-4-/t10-,12-,13+,14+,15+,18+/m0/s1. The van der Waals surface area contributed by atoms with Crippen LogP contribution < -0.4 is 0 Å². The molecule has 3 saturated heterocycles. The molecule has 0 aromatic carbocycles. The van der Waals surface area contributed by atoms with Gasteiger partial charge in [-0.2, -0.15) is 0 Å². The van der Waals surface area contributed by atoms with E-state index in [0.29, 0.717) is 18.5 Å². The number of allylic oxidation sites excluding steroid dienone is 1. The van der Waals surface area contributed by atoms with Crippen molar-refractivity contribution in [3.05, 3.63) is 11.6 Å². The molecule has 3 fully saturated rings. The summed E-state index contributed by atoms with van der Waals surface area (Å²) in [7, 11) is 0. The smallest absolute Gasteiger partial charge is 0.338 e. The maximum atomic E-state index is 12.6. The zero-order valence-corrected chi connectivity index (χ0v) is 15.0. The number of esters is 2. The van der Waals surface area contributed by atoms with Crippen LogP contribution in [0.15, 0.2) is 11.6 Å². The number of carbonyl (C=O) groups is 2. The van der Waals surface area contributed by atoms with Crippen LogP contribution in [-0.4, -0.2) is 70.6 Å².